The van der Waals surface area contributed by atoms with Crippen molar-refractivity contribution in [2.45, 2.75) is 58.3 Å². The van der Waals surface area contributed by atoms with E-state index in [1.54, 1.807) is 20.1 Å². The van der Waals surface area contributed by atoms with Gasteiger partial charge in [0.2, 0.25) is 0 Å². The maximum Gasteiger partial charge on any atom is 0.330 e. The molecule has 0 spiro atoms. The Balaban J connectivity index is 2.13. The minimum atomic E-state index is -0.379. The Hall–Kier alpha value is -2.75. The molecular formula is C26H32O4. The molecule has 1 aliphatic rings. The topological polar surface area (TPSA) is 55.8 Å². The summed E-state index contributed by atoms with van der Waals surface area (Å²) in [7, 11) is 1.62. The van der Waals surface area contributed by atoms with Crippen LogP contribution in [-0.4, -0.2) is 24.8 Å². The summed E-state index contributed by atoms with van der Waals surface area (Å²) in [5.41, 5.74) is 4.89. The molecule has 4 heteroatoms. The van der Waals surface area contributed by atoms with Crippen LogP contribution in [0.2, 0.25) is 0 Å². The molecule has 30 heavy (non-hydrogen) atoms. The predicted octanol–water partition coefficient (Wildman–Crippen LogP) is 5.99. The number of benzene rings is 2. The van der Waals surface area contributed by atoms with Gasteiger partial charge in [-0.15, -0.1) is 0 Å². The Labute approximate surface area is 179 Å². The van der Waals surface area contributed by atoms with E-state index in [2.05, 4.69) is 33.8 Å². The van der Waals surface area contributed by atoms with Gasteiger partial charge < -0.3 is 14.6 Å². The molecule has 0 saturated carbocycles. The molecule has 1 N–H and O–H groups in total. The summed E-state index contributed by atoms with van der Waals surface area (Å²) in [6.45, 7) is 11.1. The van der Waals surface area contributed by atoms with Gasteiger partial charge in [-0.25, -0.2) is 4.79 Å². The first-order valence-corrected chi connectivity index (χ1v) is 10.5. The fraction of sp³-hybridized carbons (Fsp3) is 0.423. The molecule has 0 saturated heterocycles. The van der Waals surface area contributed by atoms with Gasteiger partial charge in [-0.1, -0.05) is 33.8 Å². The molecule has 0 aliphatic heterocycles. The average molecular weight is 409 g/mol. The molecule has 0 bridgehead atoms. The number of esters is 1. The third-order valence-corrected chi connectivity index (χ3v) is 6.18. The standard InChI is InChI=1S/C26H32O4/c1-7-30-24(28)11-9-17-8-10-23(29-6)19(14-17)18-15-20-21(16-22(18)27)26(4,5)13-12-25(20,2)3/h8-11,14-16,27H,7,12-13H2,1-6H3/b11-9+. The van der Waals surface area contributed by atoms with Crippen LogP contribution >= 0.6 is 0 Å². The third kappa shape index (κ3) is 4.23. The number of methoxy groups -OCH3 is 1. The summed E-state index contributed by atoms with van der Waals surface area (Å²) in [5.74, 6) is 0.534. The molecule has 2 aromatic rings. The van der Waals surface area contributed by atoms with Crippen LogP contribution in [0.25, 0.3) is 17.2 Å². The first kappa shape index (κ1) is 21.9. The minimum Gasteiger partial charge on any atom is -0.507 e. The predicted molar refractivity (Wildman–Crippen MR) is 121 cm³/mol. The van der Waals surface area contributed by atoms with E-state index in [1.165, 1.54) is 17.2 Å². The molecule has 0 atom stereocenters. The Morgan fingerprint density at radius 3 is 2.27 bits per heavy atom. The summed E-state index contributed by atoms with van der Waals surface area (Å²) in [6.07, 6.45) is 5.30. The van der Waals surface area contributed by atoms with Gasteiger partial charge in [0.05, 0.1) is 13.7 Å². The lowest BCUT2D eigenvalue weighted by molar-refractivity contribution is -0.137. The van der Waals surface area contributed by atoms with Crippen molar-refractivity contribution in [2.24, 2.45) is 0 Å². The van der Waals surface area contributed by atoms with Crippen LogP contribution in [-0.2, 0) is 20.4 Å². The van der Waals surface area contributed by atoms with Crippen molar-refractivity contribution in [3.05, 3.63) is 53.1 Å². The van der Waals surface area contributed by atoms with Crippen molar-refractivity contribution in [3.8, 4) is 22.6 Å². The van der Waals surface area contributed by atoms with E-state index in [9.17, 15) is 9.90 Å². The van der Waals surface area contributed by atoms with Gasteiger partial charge in [0, 0.05) is 17.2 Å². The van der Waals surface area contributed by atoms with E-state index in [4.69, 9.17) is 9.47 Å². The van der Waals surface area contributed by atoms with Gasteiger partial charge in [-0.2, -0.15) is 0 Å². The largest absolute Gasteiger partial charge is 0.507 e. The number of fused-ring (bicyclic) bond motifs is 1. The second-order valence-electron chi connectivity index (χ2n) is 9.23. The summed E-state index contributed by atoms with van der Waals surface area (Å²) in [6, 6.07) is 9.69. The van der Waals surface area contributed by atoms with Gasteiger partial charge in [-0.3, -0.25) is 0 Å². The van der Waals surface area contributed by atoms with Gasteiger partial charge in [-0.05, 0) is 77.6 Å². The molecule has 3 rings (SSSR count). The molecule has 160 valence electrons. The molecule has 0 amide bonds. The quantitative estimate of drug-likeness (QED) is 0.487. The maximum atomic E-state index is 11.7. The summed E-state index contributed by atoms with van der Waals surface area (Å²) in [4.78, 5) is 11.7. The first-order chi connectivity index (χ1) is 14.1. The number of carbonyl (C=O) groups is 1. The van der Waals surface area contributed by atoms with Crippen LogP contribution in [0.4, 0.5) is 0 Å². The van der Waals surface area contributed by atoms with E-state index < -0.39 is 0 Å². The van der Waals surface area contributed by atoms with E-state index in [1.807, 2.05) is 24.3 Å². The second-order valence-corrected chi connectivity index (χ2v) is 9.23. The first-order valence-electron chi connectivity index (χ1n) is 10.5. The molecule has 0 radical (unpaired) electrons. The normalized spacial score (nSPS) is 16.9. The molecule has 0 heterocycles. The lowest BCUT2D eigenvalue weighted by atomic mass is 9.62. The summed E-state index contributed by atoms with van der Waals surface area (Å²) < 4.78 is 10.5. The van der Waals surface area contributed by atoms with Crippen LogP contribution in [0.1, 0.15) is 64.2 Å². The molecule has 4 nitrogen and oxygen atoms in total. The van der Waals surface area contributed by atoms with Crippen LogP contribution in [0.5, 0.6) is 11.5 Å². The molecular weight excluding hydrogens is 376 g/mol. The second kappa shape index (κ2) is 8.17. The Kier molecular flexibility index (Phi) is 5.98. The smallest absolute Gasteiger partial charge is 0.330 e. The number of carbonyl (C=O) groups excluding carboxylic acids is 1. The highest BCUT2D eigenvalue weighted by Gasteiger charge is 2.38. The van der Waals surface area contributed by atoms with Crippen molar-refractivity contribution in [2.75, 3.05) is 13.7 Å². The van der Waals surface area contributed by atoms with E-state index in [0.717, 1.165) is 29.5 Å². The fourth-order valence-electron chi connectivity index (χ4n) is 4.21. The zero-order chi connectivity index (χ0) is 22.1. The van der Waals surface area contributed by atoms with Crippen LogP contribution in [0.15, 0.2) is 36.4 Å². The van der Waals surface area contributed by atoms with Crippen molar-refractivity contribution in [3.63, 3.8) is 0 Å². The van der Waals surface area contributed by atoms with Crippen LogP contribution in [0, 0.1) is 0 Å². The Morgan fingerprint density at radius 2 is 1.67 bits per heavy atom. The number of aromatic hydroxyl groups is 1. The Morgan fingerprint density at radius 1 is 1.03 bits per heavy atom. The zero-order valence-electron chi connectivity index (χ0n) is 18.8. The third-order valence-electron chi connectivity index (χ3n) is 6.18. The summed E-state index contributed by atoms with van der Waals surface area (Å²) in [5, 5.41) is 11.0. The highest BCUT2D eigenvalue weighted by atomic mass is 16.5. The monoisotopic (exact) mass is 408 g/mol. The van der Waals surface area contributed by atoms with E-state index in [0.29, 0.717) is 12.4 Å². The maximum absolute atomic E-state index is 11.7. The van der Waals surface area contributed by atoms with Crippen molar-refractivity contribution in [1.82, 2.24) is 0 Å². The minimum absolute atomic E-state index is 0.0230. The van der Waals surface area contributed by atoms with Crippen molar-refractivity contribution in [1.29, 1.82) is 0 Å². The lowest BCUT2D eigenvalue weighted by Gasteiger charge is -2.42. The number of phenols is 1. The molecule has 2 aromatic carbocycles. The molecule has 0 unspecified atom stereocenters. The van der Waals surface area contributed by atoms with Gasteiger partial charge in [0.15, 0.2) is 0 Å². The van der Waals surface area contributed by atoms with Gasteiger partial charge >= 0.3 is 5.97 Å². The Bertz CT molecular complexity index is 983. The van der Waals surface area contributed by atoms with E-state index in [-0.39, 0.29) is 22.5 Å². The molecule has 1 aliphatic carbocycles. The number of hydrogen-bond donors (Lipinski definition) is 1. The zero-order valence-corrected chi connectivity index (χ0v) is 18.8. The number of rotatable bonds is 5. The van der Waals surface area contributed by atoms with Gasteiger partial charge in [0.1, 0.15) is 11.5 Å². The SMILES string of the molecule is CCOC(=O)/C=C/c1ccc(OC)c(-c2cc3c(cc2O)C(C)(C)CCC3(C)C)c1. The van der Waals surface area contributed by atoms with E-state index >= 15 is 0 Å². The molecule has 0 aromatic heterocycles. The van der Waals surface area contributed by atoms with Crippen molar-refractivity contribution >= 4 is 12.0 Å². The fourth-order valence-corrected chi connectivity index (χ4v) is 4.21. The van der Waals surface area contributed by atoms with Crippen molar-refractivity contribution < 1.29 is 19.4 Å². The average Bonchev–Trinajstić information content (AvgIpc) is 2.70. The van der Waals surface area contributed by atoms with Crippen LogP contribution < -0.4 is 4.74 Å². The molecule has 0 fully saturated rings. The number of ether oxygens (including phenoxy) is 2. The number of hydrogen-bond acceptors (Lipinski definition) is 4. The highest BCUT2D eigenvalue weighted by Crippen LogP contribution is 2.49. The van der Waals surface area contributed by atoms with Gasteiger partial charge in [0.25, 0.3) is 0 Å². The lowest BCUT2D eigenvalue weighted by Crippen LogP contribution is -2.33. The number of phenolic OH excluding ortho intramolecular Hbond substituents is 1. The summed E-state index contributed by atoms with van der Waals surface area (Å²) >= 11 is 0. The highest BCUT2D eigenvalue weighted by molar-refractivity contribution is 5.88. The van der Waals surface area contributed by atoms with Crippen LogP contribution in [0.3, 0.4) is 0 Å².